The van der Waals surface area contributed by atoms with Crippen molar-refractivity contribution in [3.63, 3.8) is 0 Å². The Hall–Kier alpha value is -9.12. The van der Waals surface area contributed by atoms with Gasteiger partial charge in [-0.1, -0.05) is 153 Å². The predicted molar refractivity (Wildman–Crippen MR) is 301 cm³/mol. The minimum Gasteiger partial charge on any atom is -0.314 e. The lowest BCUT2D eigenvalue weighted by Gasteiger charge is -2.38. The van der Waals surface area contributed by atoms with Crippen LogP contribution in [-0.4, -0.2) is 0 Å². The van der Waals surface area contributed by atoms with E-state index in [9.17, 15) is 0 Å². The summed E-state index contributed by atoms with van der Waals surface area (Å²) >= 11 is 0. The summed E-state index contributed by atoms with van der Waals surface area (Å²) in [6.07, 6.45) is 14.4. The molecule has 0 aliphatic heterocycles. The number of nitrogens with zero attached hydrogens (tertiary/aromatic N) is 4. The minimum atomic E-state index is -0.0737. The van der Waals surface area contributed by atoms with Gasteiger partial charge in [0.05, 0.1) is 0 Å². The van der Waals surface area contributed by atoms with Gasteiger partial charge in [0.25, 0.3) is 0 Å². The SMILES string of the molecule is CC12C=CC=CC1=CC=C(N(c1ccccc1)c1ccc(N(c3ccc(N(c4ccccc4)c4ccc5ccccc5c4)cc3)c3ccc(N(c4ccccc4)c4ccc5ccccc5c4)cc3)cc1)C2. The molecular weight excluding hydrogens is 861 g/mol. The minimum absolute atomic E-state index is 0.0737. The first-order chi connectivity index (χ1) is 35.0. The zero-order valence-electron chi connectivity index (χ0n) is 39.6. The molecule has 0 fully saturated rings. The highest BCUT2D eigenvalue weighted by molar-refractivity contribution is 5.91. The first-order valence-electron chi connectivity index (χ1n) is 24.5. The fraction of sp³-hybridized carbons (Fsp3) is 0.0448. The molecule has 12 rings (SSSR count). The Balaban J connectivity index is 0.954. The number of anilines is 11. The van der Waals surface area contributed by atoms with Crippen LogP contribution in [0.1, 0.15) is 13.3 Å². The Labute approximate surface area is 416 Å². The zero-order chi connectivity index (χ0) is 47.6. The molecule has 2 aliphatic carbocycles. The first kappa shape index (κ1) is 43.2. The number of rotatable bonds is 12. The lowest BCUT2D eigenvalue weighted by molar-refractivity contribution is 0.506. The topological polar surface area (TPSA) is 13.0 Å². The van der Waals surface area contributed by atoms with Gasteiger partial charge in [-0.25, -0.2) is 0 Å². The van der Waals surface area contributed by atoms with Crippen LogP contribution >= 0.6 is 0 Å². The van der Waals surface area contributed by atoms with Crippen molar-refractivity contribution in [3.05, 3.63) is 296 Å². The van der Waals surface area contributed by atoms with Crippen molar-refractivity contribution in [2.45, 2.75) is 13.3 Å². The van der Waals surface area contributed by atoms with Crippen molar-refractivity contribution in [2.24, 2.45) is 5.41 Å². The van der Waals surface area contributed by atoms with Gasteiger partial charge >= 0.3 is 0 Å². The van der Waals surface area contributed by atoms with Crippen LogP contribution in [0.25, 0.3) is 21.5 Å². The third-order valence-electron chi connectivity index (χ3n) is 13.9. The molecule has 1 unspecified atom stereocenters. The Bertz CT molecular complexity index is 3450. The lowest BCUT2D eigenvalue weighted by Crippen LogP contribution is -2.27. The second kappa shape index (κ2) is 18.8. The van der Waals surface area contributed by atoms with Crippen molar-refractivity contribution in [3.8, 4) is 0 Å². The van der Waals surface area contributed by atoms with Gasteiger partial charge in [0.1, 0.15) is 0 Å². The maximum Gasteiger partial charge on any atom is 0.0468 e. The summed E-state index contributed by atoms with van der Waals surface area (Å²) in [7, 11) is 0. The van der Waals surface area contributed by atoms with Gasteiger partial charge in [0.2, 0.25) is 0 Å². The number of hydrogen-bond donors (Lipinski definition) is 0. The Morgan fingerprint density at radius 3 is 1.04 bits per heavy atom. The average molecular weight is 913 g/mol. The number of para-hydroxylation sites is 3. The molecule has 4 heteroatoms. The second-order valence-corrected chi connectivity index (χ2v) is 18.6. The molecule has 10 aromatic carbocycles. The Kier molecular flexibility index (Phi) is 11.4. The fourth-order valence-electron chi connectivity index (χ4n) is 10.3. The maximum absolute atomic E-state index is 2.41. The molecule has 1 atom stereocenters. The number of fused-ring (bicyclic) bond motifs is 3. The summed E-state index contributed by atoms with van der Waals surface area (Å²) in [5.41, 5.74) is 14.5. The molecule has 10 aromatic rings. The Morgan fingerprint density at radius 2 is 0.620 bits per heavy atom. The molecule has 0 amide bonds. The van der Waals surface area contributed by atoms with Gasteiger partial charge in [-0.3, -0.25) is 0 Å². The van der Waals surface area contributed by atoms with Crippen molar-refractivity contribution >= 4 is 84.1 Å². The van der Waals surface area contributed by atoms with E-state index in [0.717, 1.165) is 69.0 Å². The van der Waals surface area contributed by atoms with E-state index in [1.54, 1.807) is 0 Å². The molecule has 0 bridgehead atoms. The zero-order valence-corrected chi connectivity index (χ0v) is 39.6. The van der Waals surface area contributed by atoms with E-state index in [4.69, 9.17) is 0 Å². The summed E-state index contributed by atoms with van der Waals surface area (Å²) in [6.45, 7) is 2.34. The highest BCUT2D eigenvalue weighted by Crippen LogP contribution is 2.47. The summed E-state index contributed by atoms with van der Waals surface area (Å²) in [6, 6.07) is 89.6. The van der Waals surface area contributed by atoms with Crippen LogP contribution in [-0.2, 0) is 0 Å². The molecule has 340 valence electrons. The van der Waals surface area contributed by atoms with E-state index >= 15 is 0 Å². The van der Waals surface area contributed by atoms with Gasteiger partial charge in [0, 0.05) is 80.1 Å². The Morgan fingerprint density at radius 1 is 0.296 bits per heavy atom. The van der Waals surface area contributed by atoms with E-state index < -0.39 is 0 Å². The van der Waals surface area contributed by atoms with E-state index in [1.807, 2.05) is 0 Å². The van der Waals surface area contributed by atoms with Gasteiger partial charge in [-0.2, -0.15) is 0 Å². The van der Waals surface area contributed by atoms with Crippen LogP contribution in [0.3, 0.4) is 0 Å². The number of benzene rings is 10. The summed E-state index contributed by atoms with van der Waals surface area (Å²) in [5, 5.41) is 4.85. The van der Waals surface area contributed by atoms with Crippen molar-refractivity contribution in [2.75, 3.05) is 19.6 Å². The van der Waals surface area contributed by atoms with Crippen LogP contribution in [0, 0.1) is 5.41 Å². The van der Waals surface area contributed by atoms with Crippen LogP contribution in [0.2, 0.25) is 0 Å². The van der Waals surface area contributed by atoms with Crippen molar-refractivity contribution < 1.29 is 0 Å². The summed E-state index contributed by atoms with van der Waals surface area (Å²) < 4.78 is 0. The van der Waals surface area contributed by atoms with E-state index in [-0.39, 0.29) is 5.41 Å². The molecular formula is C67H52N4. The van der Waals surface area contributed by atoms with Crippen LogP contribution in [0.4, 0.5) is 62.6 Å². The third-order valence-corrected chi connectivity index (χ3v) is 13.9. The van der Waals surface area contributed by atoms with Crippen LogP contribution < -0.4 is 19.6 Å². The maximum atomic E-state index is 2.41. The highest BCUT2D eigenvalue weighted by atomic mass is 15.2. The van der Waals surface area contributed by atoms with Gasteiger partial charge in [0.15, 0.2) is 0 Å². The summed E-state index contributed by atoms with van der Waals surface area (Å²) in [4.78, 5) is 9.46. The molecule has 0 saturated carbocycles. The number of hydrogen-bond acceptors (Lipinski definition) is 4. The average Bonchev–Trinajstić information content (AvgIpc) is 3.43. The number of allylic oxidation sites excluding steroid dienone is 8. The molecule has 0 aromatic heterocycles. The standard InChI is InChI=1S/C67H52N4/c1-67-46-16-15-21-54(67)30-33-66(49-67)71(57-26-9-4-10-27-57)63-44-38-60(39-45-63)68(58-34-40-61(41-35-58)69(55-22-5-2-6-23-55)64-31-28-50-17-11-13-19-52(50)47-64)59-36-42-62(43-37-59)70(56-24-7-3-8-25-56)65-32-29-51-18-12-14-20-53(51)48-65/h2-48H,49H2,1H3. The smallest absolute Gasteiger partial charge is 0.0468 e. The normalized spacial score (nSPS) is 14.9. The predicted octanol–water partition coefficient (Wildman–Crippen LogP) is 18.9. The molecule has 0 heterocycles. The molecule has 4 nitrogen and oxygen atoms in total. The van der Waals surface area contributed by atoms with E-state index in [2.05, 4.69) is 312 Å². The van der Waals surface area contributed by atoms with Crippen LogP contribution in [0.15, 0.2) is 296 Å². The van der Waals surface area contributed by atoms with Crippen molar-refractivity contribution in [1.29, 1.82) is 0 Å². The van der Waals surface area contributed by atoms with Crippen molar-refractivity contribution in [1.82, 2.24) is 0 Å². The summed E-state index contributed by atoms with van der Waals surface area (Å²) in [5.74, 6) is 0. The molecule has 0 N–H and O–H groups in total. The molecule has 2 aliphatic rings. The monoisotopic (exact) mass is 912 g/mol. The fourth-order valence-corrected chi connectivity index (χ4v) is 10.3. The highest BCUT2D eigenvalue weighted by Gasteiger charge is 2.32. The second-order valence-electron chi connectivity index (χ2n) is 18.6. The van der Waals surface area contributed by atoms with Gasteiger partial charge < -0.3 is 19.6 Å². The largest absolute Gasteiger partial charge is 0.314 e. The molecule has 0 spiro atoms. The quantitative estimate of drug-likeness (QED) is 0.121. The molecule has 71 heavy (non-hydrogen) atoms. The van der Waals surface area contributed by atoms with E-state index in [0.29, 0.717) is 0 Å². The third kappa shape index (κ3) is 8.58. The molecule has 0 saturated heterocycles. The molecule has 0 radical (unpaired) electrons. The van der Waals surface area contributed by atoms with Gasteiger partial charge in [-0.15, -0.1) is 0 Å². The first-order valence-corrected chi connectivity index (χ1v) is 24.5. The lowest BCUT2D eigenvalue weighted by atomic mass is 9.73. The van der Waals surface area contributed by atoms with Gasteiger partial charge in [-0.05, 0) is 167 Å². The van der Waals surface area contributed by atoms with Crippen LogP contribution in [0.5, 0.6) is 0 Å². The van der Waals surface area contributed by atoms with E-state index in [1.165, 1.54) is 32.8 Å².